The van der Waals surface area contributed by atoms with Crippen LogP contribution in [0.2, 0.25) is 0 Å². The van der Waals surface area contributed by atoms with Crippen molar-refractivity contribution in [1.29, 1.82) is 0 Å². The summed E-state index contributed by atoms with van der Waals surface area (Å²) in [5, 5.41) is 0. The Labute approximate surface area is 195 Å². The summed E-state index contributed by atoms with van der Waals surface area (Å²) in [5.74, 6) is -0.349. The predicted octanol–water partition coefficient (Wildman–Crippen LogP) is 6.57. The maximum Gasteiger partial charge on any atom is 0.338 e. The average molecular weight is 443 g/mol. The summed E-state index contributed by atoms with van der Waals surface area (Å²) in [6.45, 7) is 10.9. The van der Waals surface area contributed by atoms with Gasteiger partial charge in [-0.2, -0.15) is 0 Å². The van der Waals surface area contributed by atoms with Gasteiger partial charge < -0.3 is 9.47 Å². The van der Waals surface area contributed by atoms with Crippen molar-refractivity contribution in [3.05, 3.63) is 100 Å². The van der Waals surface area contributed by atoms with Gasteiger partial charge in [0.2, 0.25) is 0 Å². The second-order valence-corrected chi connectivity index (χ2v) is 9.55. The summed E-state index contributed by atoms with van der Waals surface area (Å²) >= 11 is 0. The monoisotopic (exact) mass is 442 g/mol. The Morgan fingerprint density at radius 2 is 1.64 bits per heavy atom. The van der Waals surface area contributed by atoms with Crippen molar-refractivity contribution < 1.29 is 19.1 Å². The highest BCUT2D eigenvalue weighted by molar-refractivity contribution is 6.06. The molecule has 3 aromatic carbocycles. The Morgan fingerprint density at radius 1 is 0.939 bits per heavy atom. The van der Waals surface area contributed by atoms with Crippen molar-refractivity contribution in [3.63, 3.8) is 0 Å². The van der Waals surface area contributed by atoms with Gasteiger partial charge in [0.15, 0.2) is 5.78 Å². The fraction of sp³-hybridized carbons (Fsp3) is 0.310. The van der Waals surface area contributed by atoms with Crippen LogP contribution in [0.25, 0.3) is 0 Å². The van der Waals surface area contributed by atoms with Gasteiger partial charge in [0.25, 0.3) is 0 Å². The zero-order chi connectivity index (χ0) is 23.8. The molecule has 0 N–H and O–H groups in total. The molecule has 0 aliphatic heterocycles. The number of Topliss-reactive ketones (excluding diaryl/α,β-unsaturated/α-hetero) is 1. The topological polar surface area (TPSA) is 52.6 Å². The SMILES string of the molecule is CCOc1ccc(C(=O)OC2c3ccccc3C(=O)C2c2ccc(C)cc2C(C)(C)C)cc1. The lowest BCUT2D eigenvalue weighted by Crippen LogP contribution is -2.23. The second kappa shape index (κ2) is 8.86. The number of hydrogen-bond acceptors (Lipinski definition) is 4. The third kappa shape index (κ3) is 4.43. The minimum Gasteiger partial charge on any atom is -0.494 e. The molecule has 0 radical (unpaired) electrons. The van der Waals surface area contributed by atoms with E-state index in [0.717, 1.165) is 22.3 Å². The van der Waals surface area contributed by atoms with Crippen molar-refractivity contribution in [2.75, 3.05) is 6.61 Å². The summed E-state index contributed by atoms with van der Waals surface area (Å²) in [7, 11) is 0. The van der Waals surface area contributed by atoms with Gasteiger partial charge >= 0.3 is 5.97 Å². The molecular formula is C29H30O4. The summed E-state index contributed by atoms with van der Waals surface area (Å²) < 4.78 is 11.5. The lowest BCUT2D eigenvalue weighted by molar-refractivity contribution is 0.0257. The molecule has 0 saturated heterocycles. The standard InChI is InChI=1S/C29H30O4/c1-6-32-20-14-12-19(13-15-20)28(31)33-27-22-10-8-7-9-21(22)26(30)25(27)23-16-11-18(2)17-24(23)29(3,4)5/h7-17,25,27H,6H2,1-5H3. The molecule has 3 aromatic rings. The minimum absolute atomic E-state index is 0.00977. The van der Waals surface area contributed by atoms with E-state index in [9.17, 15) is 9.59 Å². The smallest absolute Gasteiger partial charge is 0.338 e. The molecule has 0 spiro atoms. The van der Waals surface area contributed by atoms with Crippen molar-refractivity contribution >= 4 is 11.8 Å². The number of aryl methyl sites for hydroxylation is 1. The maximum absolute atomic E-state index is 13.6. The van der Waals surface area contributed by atoms with E-state index in [-0.39, 0.29) is 11.2 Å². The highest BCUT2D eigenvalue weighted by Crippen LogP contribution is 2.47. The van der Waals surface area contributed by atoms with E-state index in [4.69, 9.17) is 9.47 Å². The first-order valence-corrected chi connectivity index (χ1v) is 11.4. The molecule has 0 aromatic heterocycles. The molecule has 2 atom stereocenters. The molecule has 4 heteroatoms. The summed E-state index contributed by atoms with van der Waals surface area (Å²) in [6, 6.07) is 20.5. The molecule has 0 saturated carbocycles. The first-order valence-electron chi connectivity index (χ1n) is 11.4. The summed E-state index contributed by atoms with van der Waals surface area (Å²) in [4.78, 5) is 26.7. The van der Waals surface area contributed by atoms with Crippen LogP contribution < -0.4 is 4.74 Å². The zero-order valence-electron chi connectivity index (χ0n) is 19.8. The van der Waals surface area contributed by atoms with Gasteiger partial charge in [-0.25, -0.2) is 4.79 Å². The third-order valence-corrected chi connectivity index (χ3v) is 6.10. The van der Waals surface area contributed by atoms with E-state index in [1.807, 2.05) is 50.2 Å². The zero-order valence-corrected chi connectivity index (χ0v) is 19.8. The molecule has 2 unspecified atom stereocenters. The molecule has 33 heavy (non-hydrogen) atoms. The van der Waals surface area contributed by atoms with Crippen molar-refractivity contribution in [1.82, 2.24) is 0 Å². The number of esters is 1. The molecule has 0 amide bonds. The quantitative estimate of drug-likeness (QED) is 0.419. The van der Waals surface area contributed by atoms with E-state index >= 15 is 0 Å². The normalized spacial score (nSPS) is 17.5. The van der Waals surface area contributed by atoms with E-state index < -0.39 is 18.0 Å². The maximum atomic E-state index is 13.6. The molecule has 0 fully saturated rings. The predicted molar refractivity (Wildman–Crippen MR) is 129 cm³/mol. The van der Waals surface area contributed by atoms with E-state index in [0.29, 0.717) is 23.5 Å². The fourth-order valence-corrected chi connectivity index (χ4v) is 4.52. The van der Waals surface area contributed by atoms with Crippen LogP contribution in [-0.2, 0) is 10.2 Å². The molecule has 4 nitrogen and oxygen atoms in total. The number of rotatable bonds is 5. The number of ether oxygens (including phenoxy) is 2. The summed E-state index contributed by atoms with van der Waals surface area (Å²) in [6.07, 6.45) is -0.684. The van der Waals surface area contributed by atoms with E-state index in [2.05, 4.69) is 26.8 Å². The molecule has 1 aliphatic carbocycles. The number of carbonyl (C=O) groups is 2. The average Bonchev–Trinajstić information content (AvgIpc) is 3.05. The lowest BCUT2D eigenvalue weighted by Gasteiger charge is -2.28. The highest BCUT2D eigenvalue weighted by atomic mass is 16.5. The fourth-order valence-electron chi connectivity index (χ4n) is 4.52. The second-order valence-electron chi connectivity index (χ2n) is 9.55. The number of hydrogen-bond donors (Lipinski definition) is 0. The van der Waals surface area contributed by atoms with Crippen molar-refractivity contribution in [2.24, 2.45) is 0 Å². The van der Waals surface area contributed by atoms with Crippen LogP contribution in [0.15, 0.2) is 66.7 Å². The van der Waals surface area contributed by atoms with Gasteiger partial charge in [-0.1, -0.05) is 68.8 Å². The van der Waals surface area contributed by atoms with Crippen LogP contribution in [0.3, 0.4) is 0 Å². The molecule has 1 aliphatic rings. The van der Waals surface area contributed by atoms with E-state index in [1.165, 1.54) is 0 Å². The Hall–Kier alpha value is -3.40. The van der Waals surface area contributed by atoms with Crippen LogP contribution in [0.5, 0.6) is 5.75 Å². The molecular weight excluding hydrogens is 412 g/mol. The first kappa shape index (κ1) is 22.8. The number of fused-ring (bicyclic) bond motifs is 1. The van der Waals surface area contributed by atoms with Gasteiger partial charge in [-0.3, -0.25) is 4.79 Å². The first-order chi connectivity index (χ1) is 15.7. The number of ketones is 1. The molecule has 4 rings (SSSR count). The summed E-state index contributed by atoms with van der Waals surface area (Å²) in [5.41, 5.74) is 4.78. The Bertz CT molecular complexity index is 1180. The van der Waals surface area contributed by atoms with Crippen LogP contribution in [0, 0.1) is 6.92 Å². The Kier molecular flexibility index (Phi) is 6.11. The van der Waals surface area contributed by atoms with Crippen LogP contribution in [0.1, 0.15) is 82.7 Å². The third-order valence-electron chi connectivity index (χ3n) is 6.10. The van der Waals surface area contributed by atoms with Crippen LogP contribution in [0.4, 0.5) is 0 Å². The van der Waals surface area contributed by atoms with Gasteiger partial charge in [0.05, 0.1) is 18.1 Å². The Morgan fingerprint density at radius 3 is 2.30 bits per heavy atom. The van der Waals surface area contributed by atoms with Gasteiger partial charge in [0.1, 0.15) is 11.9 Å². The van der Waals surface area contributed by atoms with Gasteiger partial charge in [-0.05, 0) is 54.7 Å². The minimum atomic E-state index is -0.684. The molecule has 0 bridgehead atoms. The van der Waals surface area contributed by atoms with Gasteiger partial charge in [-0.15, -0.1) is 0 Å². The van der Waals surface area contributed by atoms with Crippen molar-refractivity contribution in [2.45, 2.75) is 52.1 Å². The molecule has 170 valence electrons. The van der Waals surface area contributed by atoms with E-state index in [1.54, 1.807) is 24.3 Å². The number of carbonyl (C=O) groups excluding carboxylic acids is 2. The largest absolute Gasteiger partial charge is 0.494 e. The van der Waals surface area contributed by atoms with Gasteiger partial charge in [0, 0.05) is 11.1 Å². The number of benzene rings is 3. The Balaban J connectivity index is 1.75. The van der Waals surface area contributed by atoms with Crippen LogP contribution in [-0.4, -0.2) is 18.4 Å². The highest BCUT2D eigenvalue weighted by Gasteiger charge is 2.44. The van der Waals surface area contributed by atoms with Crippen molar-refractivity contribution in [3.8, 4) is 5.75 Å². The lowest BCUT2D eigenvalue weighted by atomic mass is 9.77. The molecule has 0 heterocycles. The van der Waals surface area contributed by atoms with Crippen LogP contribution >= 0.6 is 0 Å².